The van der Waals surface area contributed by atoms with Crippen LogP contribution in [0.15, 0.2) is 35.3 Å². The van der Waals surface area contributed by atoms with Gasteiger partial charge < -0.3 is 10.8 Å². The van der Waals surface area contributed by atoms with Crippen LogP contribution >= 0.6 is 15.9 Å². The average molecular weight is 256 g/mol. The van der Waals surface area contributed by atoms with E-state index in [2.05, 4.69) is 22.5 Å². The van der Waals surface area contributed by atoms with E-state index in [1.54, 1.807) is 6.07 Å². The molecule has 1 rings (SSSR count). The van der Waals surface area contributed by atoms with Crippen LogP contribution in [0.4, 0.5) is 0 Å². The summed E-state index contributed by atoms with van der Waals surface area (Å²) in [6.45, 7) is 3.64. The molecule has 0 saturated carbocycles. The molecule has 1 aromatic rings. The molecule has 1 aromatic carbocycles. The zero-order chi connectivity index (χ0) is 10.6. The lowest BCUT2D eigenvalue weighted by Crippen LogP contribution is -2.09. The zero-order valence-corrected chi connectivity index (χ0v) is 9.50. The standard InChI is InChI=1S/C11H14BrNO/c1-2-3-4-10(13)9-6-5-8(12)7-11(9)14/h2,5-7,10,14H,1,3-4,13H2/t10-/m1/s1. The van der Waals surface area contributed by atoms with Crippen LogP contribution in [0.3, 0.4) is 0 Å². The van der Waals surface area contributed by atoms with Crippen LogP contribution in [0.2, 0.25) is 0 Å². The van der Waals surface area contributed by atoms with Crippen molar-refractivity contribution in [3.8, 4) is 5.75 Å². The lowest BCUT2D eigenvalue weighted by Gasteiger charge is -2.12. The molecule has 0 spiro atoms. The summed E-state index contributed by atoms with van der Waals surface area (Å²) in [5.74, 6) is 0.246. The van der Waals surface area contributed by atoms with Gasteiger partial charge in [-0.05, 0) is 25.0 Å². The highest BCUT2D eigenvalue weighted by Gasteiger charge is 2.09. The molecule has 1 atom stereocenters. The molecule has 0 fully saturated rings. The number of phenolic OH excluding ortho intramolecular Hbond substituents is 1. The van der Waals surface area contributed by atoms with E-state index in [0.29, 0.717) is 0 Å². The van der Waals surface area contributed by atoms with Gasteiger partial charge in [0.2, 0.25) is 0 Å². The summed E-state index contributed by atoms with van der Waals surface area (Å²) in [6, 6.07) is 5.25. The minimum atomic E-state index is -0.124. The second kappa shape index (κ2) is 5.17. The van der Waals surface area contributed by atoms with Gasteiger partial charge in [-0.15, -0.1) is 6.58 Å². The van der Waals surface area contributed by atoms with Gasteiger partial charge >= 0.3 is 0 Å². The molecular formula is C11H14BrNO. The SMILES string of the molecule is C=CCC[C@@H](N)c1ccc(Br)cc1O. The number of phenols is 1. The highest BCUT2D eigenvalue weighted by atomic mass is 79.9. The monoisotopic (exact) mass is 255 g/mol. The lowest BCUT2D eigenvalue weighted by atomic mass is 10.0. The molecule has 76 valence electrons. The second-order valence-electron chi connectivity index (χ2n) is 3.18. The smallest absolute Gasteiger partial charge is 0.121 e. The zero-order valence-electron chi connectivity index (χ0n) is 7.91. The first kappa shape index (κ1) is 11.3. The Morgan fingerprint density at radius 2 is 2.29 bits per heavy atom. The predicted octanol–water partition coefficient (Wildman–Crippen LogP) is 3.12. The number of nitrogens with two attached hydrogens (primary N) is 1. The first-order valence-corrected chi connectivity index (χ1v) is 5.29. The minimum Gasteiger partial charge on any atom is -0.508 e. The molecule has 0 aromatic heterocycles. The average Bonchev–Trinajstić information content (AvgIpc) is 2.14. The fraction of sp³-hybridized carbons (Fsp3) is 0.273. The Morgan fingerprint density at radius 1 is 1.57 bits per heavy atom. The maximum absolute atomic E-state index is 9.63. The number of benzene rings is 1. The second-order valence-corrected chi connectivity index (χ2v) is 4.09. The topological polar surface area (TPSA) is 46.2 Å². The van der Waals surface area contributed by atoms with E-state index in [-0.39, 0.29) is 11.8 Å². The van der Waals surface area contributed by atoms with Gasteiger partial charge in [0.1, 0.15) is 5.75 Å². The van der Waals surface area contributed by atoms with Crippen LogP contribution in [0.1, 0.15) is 24.4 Å². The first-order chi connectivity index (χ1) is 6.65. The van der Waals surface area contributed by atoms with E-state index < -0.39 is 0 Å². The molecule has 0 bridgehead atoms. The summed E-state index contributed by atoms with van der Waals surface area (Å²) in [7, 11) is 0. The molecule has 0 amide bonds. The Bertz CT molecular complexity index is 325. The van der Waals surface area contributed by atoms with Crippen LogP contribution < -0.4 is 5.73 Å². The van der Waals surface area contributed by atoms with E-state index in [9.17, 15) is 5.11 Å². The van der Waals surface area contributed by atoms with Gasteiger partial charge in [0.15, 0.2) is 0 Å². The van der Waals surface area contributed by atoms with Crippen molar-refractivity contribution in [1.29, 1.82) is 0 Å². The van der Waals surface area contributed by atoms with Gasteiger partial charge in [0.05, 0.1) is 0 Å². The summed E-state index contributed by atoms with van der Waals surface area (Å²) >= 11 is 3.28. The largest absolute Gasteiger partial charge is 0.508 e. The third-order valence-electron chi connectivity index (χ3n) is 2.07. The number of halogens is 1. The molecule has 0 aliphatic rings. The quantitative estimate of drug-likeness (QED) is 0.813. The molecule has 0 aliphatic carbocycles. The van der Waals surface area contributed by atoms with Crippen molar-refractivity contribution in [2.75, 3.05) is 0 Å². The molecule has 0 aliphatic heterocycles. The van der Waals surface area contributed by atoms with Gasteiger partial charge in [0, 0.05) is 16.1 Å². The maximum atomic E-state index is 9.63. The lowest BCUT2D eigenvalue weighted by molar-refractivity contribution is 0.458. The summed E-state index contributed by atoms with van der Waals surface area (Å²) in [5, 5.41) is 9.63. The molecule has 0 unspecified atom stereocenters. The van der Waals surface area contributed by atoms with Crippen molar-refractivity contribution in [3.63, 3.8) is 0 Å². The van der Waals surface area contributed by atoms with E-state index >= 15 is 0 Å². The van der Waals surface area contributed by atoms with Crippen LogP contribution in [-0.2, 0) is 0 Å². The Hall–Kier alpha value is -0.800. The number of hydrogen-bond donors (Lipinski definition) is 2. The van der Waals surface area contributed by atoms with Crippen molar-refractivity contribution in [2.45, 2.75) is 18.9 Å². The molecule has 0 saturated heterocycles. The third-order valence-corrected chi connectivity index (χ3v) is 2.57. The number of hydrogen-bond acceptors (Lipinski definition) is 2. The Morgan fingerprint density at radius 3 is 2.86 bits per heavy atom. The fourth-order valence-corrected chi connectivity index (χ4v) is 1.63. The number of rotatable bonds is 4. The Labute approximate surface area is 92.6 Å². The van der Waals surface area contributed by atoms with Gasteiger partial charge in [-0.1, -0.05) is 28.1 Å². The van der Waals surface area contributed by atoms with Crippen LogP contribution in [-0.4, -0.2) is 5.11 Å². The van der Waals surface area contributed by atoms with Gasteiger partial charge in [-0.25, -0.2) is 0 Å². The number of allylic oxidation sites excluding steroid dienone is 1. The van der Waals surface area contributed by atoms with Crippen LogP contribution in [0.25, 0.3) is 0 Å². The first-order valence-electron chi connectivity index (χ1n) is 4.50. The normalized spacial score (nSPS) is 12.4. The molecule has 0 radical (unpaired) electrons. The highest BCUT2D eigenvalue weighted by Crippen LogP contribution is 2.28. The van der Waals surface area contributed by atoms with E-state index in [1.807, 2.05) is 18.2 Å². The molecule has 2 nitrogen and oxygen atoms in total. The number of aromatic hydroxyl groups is 1. The Balaban J connectivity index is 2.78. The summed E-state index contributed by atoms with van der Waals surface area (Å²) in [4.78, 5) is 0. The molecule has 3 heteroatoms. The van der Waals surface area contributed by atoms with Gasteiger partial charge in [-0.3, -0.25) is 0 Å². The van der Waals surface area contributed by atoms with Gasteiger partial charge in [-0.2, -0.15) is 0 Å². The molecule has 14 heavy (non-hydrogen) atoms. The summed E-state index contributed by atoms with van der Waals surface area (Å²) in [5.41, 5.74) is 6.70. The van der Waals surface area contributed by atoms with Crippen molar-refractivity contribution < 1.29 is 5.11 Å². The minimum absolute atomic E-state index is 0.124. The van der Waals surface area contributed by atoms with E-state index in [1.165, 1.54) is 0 Å². The van der Waals surface area contributed by atoms with Crippen molar-refractivity contribution in [1.82, 2.24) is 0 Å². The maximum Gasteiger partial charge on any atom is 0.121 e. The molecular weight excluding hydrogens is 242 g/mol. The molecule has 0 heterocycles. The fourth-order valence-electron chi connectivity index (χ4n) is 1.28. The predicted molar refractivity (Wildman–Crippen MR) is 62.2 cm³/mol. The Kier molecular flexibility index (Phi) is 4.17. The molecule has 3 N–H and O–H groups in total. The van der Waals surface area contributed by atoms with Crippen molar-refractivity contribution >= 4 is 15.9 Å². The summed E-state index contributed by atoms with van der Waals surface area (Å²) < 4.78 is 0.856. The van der Waals surface area contributed by atoms with Gasteiger partial charge in [0.25, 0.3) is 0 Å². The summed E-state index contributed by atoms with van der Waals surface area (Å²) in [6.07, 6.45) is 3.49. The highest BCUT2D eigenvalue weighted by molar-refractivity contribution is 9.10. The van der Waals surface area contributed by atoms with Crippen LogP contribution in [0, 0.1) is 0 Å². The van der Waals surface area contributed by atoms with E-state index in [0.717, 1.165) is 22.9 Å². The third kappa shape index (κ3) is 2.86. The van der Waals surface area contributed by atoms with E-state index in [4.69, 9.17) is 5.73 Å². The van der Waals surface area contributed by atoms with Crippen molar-refractivity contribution in [2.24, 2.45) is 5.73 Å². The van der Waals surface area contributed by atoms with Crippen molar-refractivity contribution in [3.05, 3.63) is 40.9 Å². The van der Waals surface area contributed by atoms with Crippen LogP contribution in [0.5, 0.6) is 5.75 Å².